The van der Waals surface area contributed by atoms with Crippen LogP contribution in [0.4, 0.5) is 5.82 Å². The Balaban J connectivity index is 1.78. The van der Waals surface area contributed by atoms with Crippen molar-refractivity contribution in [2.75, 3.05) is 31.2 Å². The number of pyridine rings is 1. The lowest BCUT2D eigenvalue weighted by atomic mass is 10.2. The zero-order chi connectivity index (χ0) is 19.9. The Kier molecular flexibility index (Phi) is 6.21. The Labute approximate surface area is 162 Å². The highest BCUT2D eigenvalue weighted by Crippen LogP contribution is 2.28. The zero-order valence-electron chi connectivity index (χ0n) is 15.5. The lowest BCUT2D eigenvalue weighted by Gasteiger charge is -2.30. The lowest BCUT2D eigenvalue weighted by Crippen LogP contribution is -2.47. The monoisotopic (exact) mass is 383 g/mol. The van der Waals surface area contributed by atoms with Crippen molar-refractivity contribution in [1.29, 1.82) is 0 Å². The molecule has 0 fully saturated rings. The molecule has 0 N–H and O–H groups in total. The average Bonchev–Trinajstić information content (AvgIpc) is 2.70. The molecule has 8 nitrogen and oxygen atoms in total. The fraction of sp³-hybridized carbons (Fsp3) is 0.300. The molecule has 28 heavy (non-hydrogen) atoms. The molecule has 1 aromatic carbocycles. The van der Waals surface area contributed by atoms with E-state index < -0.39 is 5.97 Å². The van der Waals surface area contributed by atoms with Crippen molar-refractivity contribution in [3.05, 3.63) is 54.2 Å². The second-order valence-electron chi connectivity index (χ2n) is 6.13. The van der Waals surface area contributed by atoms with Gasteiger partial charge in [-0.3, -0.25) is 19.3 Å². The van der Waals surface area contributed by atoms with Gasteiger partial charge in [-0.25, -0.2) is 4.98 Å². The fourth-order valence-electron chi connectivity index (χ4n) is 2.83. The largest absolute Gasteiger partial charge is 0.480 e. The van der Waals surface area contributed by atoms with E-state index >= 15 is 0 Å². The third-order valence-electron chi connectivity index (χ3n) is 4.15. The highest BCUT2D eigenvalue weighted by atomic mass is 16.5. The van der Waals surface area contributed by atoms with Crippen LogP contribution in [-0.2, 0) is 25.7 Å². The molecule has 0 atom stereocenters. The number of rotatable bonds is 7. The number of aromatic nitrogens is 1. The van der Waals surface area contributed by atoms with E-state index in [4.69, 9.17) is 9.47 Å². The van der Waals surface area contributed by atoms with E-state index in [2.05, 4.69) is 4.98 Å². The molecule has 0 saturated heterocycles. The summed E-state index contributed by atoms with van der Waals surface area (Å²) in [5.41, 5.74) is 0.868. The minimum Gasteiger partial charge on any atom is -0.480 e. The van der Waals surface area contributed by atoms with Gasteiger partial charge in [0.05, 0.1) is 6.61 Å². The molecule has 146 valence electrons. The zero-order valence-corrected chi connectivity index (χ0v) is 15.5. The van der Waals surface area contributed by atoms with Crippen molar-refractivity contribution in [3.8, 4) is 5.75 Å². The number of anilines is 1. The summed E-state index contributed by atoms with van der Waals surface area (Å²) >= 11 is 0. The van der Waals surface area contributed by atoms with Crippen LogP contribution in [0.2, 0.25) is 0 Å². The standard InChI is InChI=1S/C20H21N3O5/c1-2-27-19(26)13-22(11-15-7-4-3-5-8-15)17(24)12-23-18(25)14-28-16-9-6-10-21-20(16)23/h3-10H,2,11-14H2,1H3. The predicted octanol–water partition coefficient (Wildman–Crippen LogP) is 1.40. The van der Waals surface area contributed by atoms with Crippen LogP contribution in [-0.4, -0.2) is 54.0 Å². The Morgan fingerprint density at radius 3 is 2.75 bits per heavy atom. The predicted molar refractivity (Wildman–Crippen MR) is 101 cm³/mol. The first-order valence-electron chi connectivity index (χ1n) is 8.94. The van der Waals surface area contributed by atoms with Gasteiger partial charge in [0.2, 0.25) is 5.91 Å². The Hall–Kier alpha value is -3.42. The van der Waals surface area contributed by atoms with Crippen molar-refractivity contribution < 1.29 is 23.9 Å². The summed E-state index contributed by atoms with van der Waals surface area (Å²) in [5, 5.41) is 0. The van der Waals surface area contributed by atoms with E-state index in [1.165, 1.54) is 16.0 Å². The molecular formula is C20H21N3O5. The van der Waals surface area contributed by atoms with Gasteiger partial charge in [0.15, 0.2) is 18.2 Å². The van der Waals surface area contributed by atoms with E-state index in [1.54, 1.807) is 19.1 Å². The van der Waals surface area contributed by atoms with Gasteiger partial charge in [0.25, 0.3) is 5.91 Å². The molecular weight excluding hydrogens is 362 g/mol. The molecule has 0 unspecified atom stereocenters. The van der Waals surface area contributed by atoms with Crippen LogP contribution in [0.25, 0.3) is 0 Å². The number of amides is 2. The Morgan fingerprint density at radius 1 is 1.21 bits per heavy atom. The number of benzene rings is 1. The summed E-state index contributed by atoms with van der Waals surface area (Å²) in [7, 11) is 0. The third kappa shape index (κ3) is 4.64. The quantitative estimate of drug-likeness (QED) is 0.672. The van der Waals surface area contributed by atoms with Gasteiger partial charge in [0, 0.05) is 12.7 Å². The molecule has 0 radical (unpaired) electrons. The van der Waals surface area contributed by atoms with E-state index in [-0.39, 0.29) is 44.7 Å². The van der Waals surface area contributed by atoms with Gasteiger partial charge in [-0.15, -0.1) is 0 Å². The molecule has 3 rings (SSSR count). The number of ether oxygens (including phenoxy) is 2. The number of carbonyl (C=O) groups is 3. The molecule has 0 aliphatic carbocycles. The highest BCUT2D eigenvalue weighted by molar-refractivity contribution is 6.01. The maximum atomic E-state index is 13.0. The van der Waals surface area contributed by atoms with Gasteiger partial charge >= 0.3 is 5.97 Å². The summed E-state index contributed by atoms with van der Waals surface area (Å²) in [6.45, 7) is 1.56. The maximum absolute atomic E-state index is 13.0. The number of hydrogen-bond acceptors (Lipinski definition) is 6. The molecule has 0 saturated carbocycles. The number of esters is 1. The van der Waals surface area contributed by atoms with Crippen molar-refractivity contribution in [1.82, 2.24) is 9.88 Å². The van der Waals surface area contributed by atoms with Gasteiger partial charge in [-0.2, -0.15) is 0 Å². The van der Waals surface area contributed by atoms with Crippen molar-refractivity contribution in [2.24, 2.45) is 0 Å². The van der Waals surface area contributed by atoms with Crippen LogP contribution in [0.3, 0.4) is 0 Å². The molecule has 1 aliphatic heterocycles. The Morgan fingerprint density at radius 2 is 2.00 bits per heavy atom. The Bertz CT molecular complexity index is 856. The minimum atomic E-state index is -0.501. The first kappa shape index (κ1) is 19.3. The smallest absolute Gasteiger partial charge is 0.325 e. The molecule has 0 spiro atoms. The molecule has 2 amide bonds. The molecule has 1 aromatic heterocycles. The molecule has 8 heteroatoms. The van der Waals surface area contributed by atoms with Crippen molar-refractivity contribution in [3.63, 3.8) is 0 Å². The average molecular weight is 383 g/mol. The third-order valence-corrected chi connectivity index (χ3v) is 4.15. The summed E-state index contributed by atoms with van der Waals surface area (Å²) in [6, 6.07) is 12.7. The van der Waals surface area contributed by atoms with E-state index in [0.29, 0.717) is 11.6 Å². The van der Waals surface area contributed by atoms with Crippen molar-refractivity contribution in [2.45, 2.75) is 13.5 Å². The maximum Gasteiger partial charge on any atom is 0.325 e. The van der Waals surface area contributed by atoms with Crippen LogP contribution in [0, 0.1) is 0 Å². The molecule has 2 aromatic rings. The van der Waals surface area contributed by atoms with Crippen LogP contribution < -0.4 is 9.64 Å². The normalized spacial score (nSPS) is 12.8. The number of carbonyl (C=O) groups excluding carboxylic acids is 3. The van der Waals surface area contributed by atoms with E-state index in [0.717, 1.165) is 5.56 Å². The van der Waals surface area contributed by atoms with E-state index in [9.17, 15) is 14.4 Å². The second-order valence-corrected chi connectivity index (χ2v) is 6.13. The highest BCUT2D eigenvalue weighted by Gasteiger charge is 2.30. The summed E-state index contributed by atoms with van der Waals surface area (Å²) in [6.07, 6.45) is 1.53. The molecule has 1 aliphatic rings. The first-order chi connectivity index (χ1) is 13.6. The van der Waals surface area contributed by atoms with Gasteiger partial charge < -0.3 is 14.4 Å². The lowest BCUT2D eigenvalue weighted by molar-refractivity contribution is -0.149. The number of hydrogen-bond donors (Lipinski definition) is 0. The minimum absolute atomic E-state index is 0.164. The SMILES string of the molecule is CCOC(=O)CN(Cc1ccccc1)C(=O)CN1C(=O)COc2cccnc21. The summed E-state index contributed by atoms with van der Waals surface area (Å²) < 4.78 is 10.3. The molecule has 0 bridgehead atoms. The summed E-state index contributed by atoms with van der Waals surface area (Å²) in [4.78, 5) is 44.0. The topological polar surface area (TPSA) is 89.0 Å². The van der Waals surface area contributed by atoms with Crippen molar-refractivity contribution >= 4 is 23.6 Å². The summed E-state index contributed by atoms with van der Waals surface area (Å²) in [5.74, 6) is -0.518. The molecule has 2 heterocycles. The van der Waals surface area contributed by atoms with Crippen LogP contribution >= 0.6 is 0 Å². The van der Waals surface area contributed by atoms with Gasteiger partial charge in [0.1, 0.15) is 13.1 Å². The first-order valence-corrected chi connectivity index (χ1v) is 8.94. The fourth-order valence-corrected chi connectivity index (χ4v) is 2.83. The number of fused-ring (bicyclic) bond motifs is 1. The van der Waals surface area contributed by atoms with Gasteiger partial charge in [-0.05, 0) is 24.6 Å². The number of nitrogens with zero attached hydrogens (tertiary/aromatic N) is 3. The second kappa shape index (κ2) is 8.98. The van der Waals surface area contributed by atoms with Crippen LogP contribution in [0.15, 0.2) is 48.7 Å². The van der Waals surface area contributed by atoms with Crippen LogP contribution in [0.1, 0.15) is 12.5 Å². The van der Waals surface area contributed by atoms with Crippen LogP contribution in [0.5, 0.6) is 5.75 Å². The van der Waals surface area contributed by atoms with Gasteiger partial charge in [-0.1, -0.05) is 30.3 Å². The van der Waals surface area contributed by atoms with E-state index in [1.807, 2.05) is 30.3 Å².